The average molecular weight is 345 g/mol. The van der Waals surface area contributed by atoms with Crippen molar-refractivity contribution in [1.29, 1.82) is 0 Å². The minimum absolute atomic E-state index is 0.0664. The van der Waals surface area contributed by atoms with E-state index in [9.17, 15) is 24.0 Å². The van der Waals surface area contributed by atoms with Gasteiger partial charge in [0.2, 0.25) is 23.6 Å². The molecular formula is C13H23N5O6. The van der Waals surface area contributed by atoms with Crippen LogP contribution in [0.5, 0.6) is 0 Å². The minimum Gasteiger partial charge on any atom is -0.480 e. The second-order valence-electron chi connectivity index (χ2n) is 5.20. The van der Waals surface area contributed by atoms with E-state index in [1.807, 2.05) is 0 Å². The summed E-state index contributed by atoms with van der Waals surface area (Å²) in [5.74, 6) is -3.93. The number of primary amides is 1. The van der Waals surface area contributed by atoms with E-state index >= 15 is 0 Å². The third-order valence-corrected chi connectivity index (χ3v) is 2.89. The van der Waals surface area contributed by atoms with Crippen LogP contribution in [0.1, 0.15) is 26.7 Å². The summed E-state index contributed by atoms with van der Waals surface area (Å²) >= 11 is 0. The van der Waals surface area contributed by atoms with Crippen LogP contribution in [0, 0.1) is 0 Å². The average Bonchev–Trinajstić information content (AvgIpc) is 2.47. The Morgan fingerprint density at radius 1 is 1.00 bits per heavy atom. The van der Waals surface area contributed by atoms with Gasteiger partial charge < -0.3 is 32.5 Å². The largest absolute Gasteiger partial charge is 0.480 e. The molecule has 0 radical (unpaired) electrons. The van der Waals surface area contributed by atoms with Gasteiger partial charge in [-0.1, -0.05) is 0 Å². The molecule has 24 heavy (non-hydrogen) atoms. The molecule has 0 heterocycles. The molecule has 8 N–H and O–H groups in total. The molecule has 0 spiro atoms. The number of carboxylic acids is 1. The van der Waals surface area contributed by atoms with Crippen molar-refractivity contribution in [2.45, 2.75) is 44.8 Å². The van der Waals surface area contributed by atoms with E-state index < -0.39 is 54.3 Å². The molecule has 4 amide bonds. The molecule has 3 atom stereocenters. The lowest BCUT2D eigenvalue weighted by Gasteiger charge is -2.21. The van der Waals surface area contributed by atoms with Gasteiger partial charge in [-0.05, 0) is 20.3 Å². The molecule has 0 fully saturated rings. The van der Waals surface area contributed by atoms with Gasteiger partial charge in [0.25, 0.3) is 0 Å². The Bertz CT molecular complexity index is 507. The first kappa shape index (κ1) is 21.3. The molecule has 0 aliphatic heterocycles. The van der Waals surface area contributed by atoms with Crippen molar-refractivity contribution in [3.05, 3.63) is 0 Å². The lowest BCUT2D eigenvalue weighted by Crippen LogP contribution is -2.55. The summed E-state index contributed by atoms with van der Waals surface area (Å²) in [7, 11) is 0. The molecule has 0 aromatic heterocycles. The molecule has 0 rings (SSSR count). The van der Waals surface area contributed by atoms with Crippen LogP contribution >= 0.6 is 0 Å². The molecule has 0 aliphatic carbocycles. The Kier molecular flexibility index (Phi) is 9.02. The summed E-state index contributed by atoms with van der Waals surface area (Å²) in [6, 6.07) is -3.02. The van der Waals surface area contributed by atoms with Gasteiger partial charge in [0.1, 0.15) is 18.6 Å². The van der Waals surface area contributed by atoms with Crippen LogP contribution in [0.15, 0.2) is 0 Å². The fraction of sp³-hybridized carbons (Fsp3) is 0.615. The number of hydrogen-bond acceptors (Lipinski definition) is 6. The van der Waals surface area contributed by atoms with Gasteiger partial charge in [-0.3, -0.25) is 24.0 Å². The summed E-state index contributed by atoms with van der Waals surface area (Å²) in [5, 5.41) is 15.3. The summed E-state index contributed by atoms with van der Waals surface area (Å²) in [4.78, 5) is 56.7. The first-order valence-corrected chi connectivity index (χ1v) is 7.18. The molecule has 11 nitrogen and oxygen atoms in total. The van der Waals surface area contributed by atoms with Crippen molar-refractivity contribution in [2.24, 2.45) is 11.5 Å². The minimum atomic E-state index is -1.23. The normalized spacial score (nSPS) is 14.0. The molecule has 0 saturated carbocycles. The highest BCUT2D eigenvalue weighted by Crippen LogP contribution is 1.99. The predicted octanol–water partition coefficient (Wildman–Crippen LogP) is -3.21. The molecule has 3 unspecified atom stereocenters. The van der Waals surface area contributed by atoms with E-state index in [1.54, 1.807) is 0 Å². The molecule has 0 bridgehead atoms. The van der Waals surface area contributed by atoms with Crippen molar-refractivity contribution < 1.29 is 29.1 Å². The smallest absolute Gasteiger partial charge is 0.322 e. The zero-order valence-corrected chi connectivity index (χ0v) is 13.5. The lowest BCUT2D eigenvalue weighted by atomic mass is 10.1. The van der Waals surface area contributed by atoms with E-state index in [2.05, 4.69) is 16.0 Å². The monoisotopic (exact) mass is 345 g/mol. The van der Waals surface area contributed by atoms with Crippen molar-refractivity contribution in [3.8, 4) is 0 Å². The van der Waals surface area contributed by atoms with Gasteiger partial charge in [-0.25, -0.2) is 0 Å². The standard InChI is InChI=1S/C13H23N5O6/c1-6(14)11(22)18-8(3-4-9(15)19)13(24)17-7(2)12(23)16-5-10(20)21/h6-8H,3-5,14H2,1-2H3,(H2,15,19)(H,16,23)(H,17,24)(H,18,22)(H,20,21). The first-order valence-electron chi connectivity index (χ1n) is 7.18. The first-order chi connectivity index (χ1) is 11.0. The highest BCUT2D eigenvalue weighted by Gasteiger charge is 2.25. The van der Waals surface area contributed by atoms with Crippen LogP contribution in [0.4, 0.5) is 0 Å². The van der Waals surface area contributed by atoms with Crippen LogP contribution in [-0.2, 0) is 24.0 Å². The number of hydrogen-bond donors (Lipinski definition) is 6. The van der Waals surface area contributed by atoms with Gasteiger partial charge in [0.15, 0.2) is 0 Å². The Hall–Kier alpha value is -2.69. The van der Waals surface area contributed by atoms with Gasteiger partial charge in [0, 0.05) is 6.42 Å². The van der Waals surface area contributed by atoms with E-state index in [1.165, 1.54) is 13.8 Å². The number of rotatable bonds is 10. The summed E-state index contributed by atoms with van der Waals surface area (Å²) in [6.07, 6.45) is -0.222. The zero-order valence-electron chi connectivity index (χ0n) is 13.5. The van der Waals surface area contributed by atoms with E-state index in [4.69, 9.17) is 16.6 Å². The number of amides is 4. The Morgan fingerprint density at radius 2 is 1.58 bits per heavy atom. The summed E-state index contributed by atoms with van der Waals surface area (Å²) in [6.45, 7) is 2.17. The van der Waals surface area contributed by atoms with Crippen LogP contribution in [0.2, 0.25) is 0 Å². The van der Waals surface area contributed by atoms with Crippen molar-refractivity contribution in [3.63, 3.8) is 0 Å². The Labute approximate surface area is 138 Å². The molecule has 0 aromatic carbocycles. The number of carbonyl (C=O) groups excluding carboxylic acids is 4. The maximum atomic E-state index is 12.2. The Morgan fingerprint density at radius 3 is 2.04 bits per heavy atom. The van der Waals surface area contributed by atoms with Crippen LogP contribution in [0.3, 0.4) is 0 Å². The maximum Gasteiger partial charge on any atom is 0.322 e. The lowest BCUT2D eigenvalue weighted by molar-refractivity contribution is -0.138. The number of carbonyl (C=O) groups is 5. The molecular weight excluding hydrogens is 322 g/mol. The summed E-state index contributed by atoms with van der Waals surface area (Å²) < 4.78 is 0. The highest BCUT2D eigenvalue weighted by atomic mass is 16.4. The van der Waals surface area contributed by atoms with E-state index in [0.29, 0.717) is 0 Å². The molecule has 0 aromatic rings. The zero-order chi connectivity index (χ0) is 18.9. The predicted molar refractivity (Wildman–Crippen MR) is 82.3 cm³/mol. The Balaban J connectivity index is 4.77. The number of nitrogens with two attached hydrogens (primary N) is 2. The quantitative estimate of drug-likeness (QED) is 0.240. The topological polar surface area (TPSA) is 194 Å². The molecule has 136 valence electrons. The third kappa shape index (κ3) is 8.68. The van der Waals surface area contributed by atoms with Crippen LogP contribution in [-0.4, -0.2) is 59.4 Å². The van der Waals surface area contributed by atoms with Gasteiger partial charge in [0.05, 0.1) is 6.04 Å². The van der Waals surface area contributed by atoms with Crippen molar-refractivity contribution in [2.75, 3.05) is 6.54 Å². The second-order valence-corrected chi connectivity index (χ2v) is 5.20. The SMILES string of the molecule is CC(N)C(=O)NC(CCC(N)=O)C(=O)NC(C)C(=O)NCC(=O)O. The molecule has 0 saturated heterocycles. The van der Waals surface area contributed by atoms with Crippen LogP contribution < -0.4 is 27.4 Å². The summed E-state index contributed by atoms with van der Waals surface area (Å²) in [5.41, 5.74) is 10.4. The van der Waals surface area contributed by atoms with Gasteiger partial charge >= 0.3 is 5.97 Å². The second kappa shape index (κ2) is 10.2. The molecule has 11 heteroatoms. The number of carboxylic acid groups (broad SMARTS) is 1. The van der Waals surface area contributed by atoms with Gasteiger partial charge in [-0.15, -0.1) is 0 Å². The van der Waals surface area contributed by atoms with E-state index in [-0.39, 0.29) is 12.8 Å². The maximum absolute atomic E-state index is 12.2. The van der Waals surface area contributed by atoms with Crippen molar-refractivity contribution >= 4 is 29.6 Å². The van der Waals surface area contributed by atoms with Gasteiger partial charge in [-0.2, -0.15) is 0 Å². The third-order valence-electron chi connectivity index (χ3n) is 2.89. The van der Waals surface area contributed by atoms with Crippen molar-refractivity contribution in [1.82, 2.24) is 16.0 Å². The number of aliphatic carboxylic acids is 1. The fourth-order valence-electron chi connectivity index (χ4n) is 1.55. The highest BCUT2D eigenvalue weighted by molar-refractivity contribution is 5.93. The molecule has 0 aliphatic rings. The fourth-order valence-corrected chi connectivity index (χ4v) is 1.55. The van der Waals surface area contributed by atoms with E-state index in [0.717, 1.165) is 0 Å². The van der Waals surface area contributed by atoms with Crippen LogP contribution in [0.25, 0.3) is 0 Å². The number of nitrogens with one attached hydrogen (secondary N) is 3.